The molecule has 1 aromatic rings. The molecule has 2 saturated heterocycles. The zero-order valence-corrected chi connectivity index (χ0v) is 12.0. The number of hydrogen-bond donors (Lipinski definition) is 1. The molecule has 1 aromatic heterocycles. The smallest absolute Gasteiger partial charge is 0.239 e. The molecule has 2 fully saturated rings. The van der Waals surface area contributed by atoms with Gasteiger partial charge in [0.15, 0.2) is 5.82 Å². The molecule has 0 aromatic carbocycles. The van der Waals surface area contributed by atoms with Crippen molar-refractivity contribution < 1.29 is 9.32 Å². The van der Waals surface area contributed by atoms with E-state index >= 15 is 0 Å². The fourth-order valence-corrected chi connectivity index (χ4v) is 3.23. The minimum atomic E-state index is 0.0427. The summed E-state index contributed by atoms with van der Waals surface area (Å²) in [6, 6.07) is 0.0427. The molecule has 110 valence electrons. The van der Waals surface area contributed by atoms with Crippen molar-refractivity contribution in [1.29, 1.82) is 0 Å². The van der Waals surface area contributed by atoms with E-state index in [1.54, 1.807) is 6.92 Å². The predicted molar refractivity (Wildman–Crippen MR) is 73.1 cm³/mol. The Morgan fingerprint density at radius 2 is 2.35 bits per heavy atom. The highest BCUT2D eigenvalue weighted by Crippen LogP contribution is 2.21. The van der Waals surface area contributed by atoms with E-state index in [2.05, 4.69) is 15.5 Å². The molecule has 0 saturated carbocycles. The van der Waals surface area contributed by atoms with Gasteiger partial charge in [0.2, 0.25) is 11.8 Å². The Kier molecular flexibility index (Phi) is 4.00. The van der Waals surface area contributed by atoms with Crippen LogP contribution in [-0.4, -0.2) is 46.6 Å². The van der Waals surface area contributed by atoms with Gasteiger partial charge < -0.3 is 14.7 Å². The third kappa shape index (κ3) is 3.00. The number of likely N-dealkylation sites (tertiary alicyclic amines) is 1. The molecule has 2 atom stereocenters. The minimum Gasteiger partial charge on any atom is -0.341 e. The summed E-state index contributed by atoms with van der Waals surface area (Å²) in [6.45, 7) is 4.48. The van der Waals surface area contributed by atoms with Crippen LogP contribution in [0.15, 0.2) is 4.52 Å². The normalized spacial score (nSPS) is 26.9. The fourth-order valence-electron chi connectivity index (χ4n) is 3.23. The zero-order chi connectivity index (χ0) is 13.9. The topological polar surface area (TPSA) is 71.3 Å². The minimum absolute atomic E-state index is 0.0427. The van der Waals surface area contributed by atoms with Crippen molar-refractivity contribution in [1.82, 2.24) is 20.4 Å². The number of nitrogens with one attached hydrogen (secondary N) is 1. The molecule has 0 bridgehead atoms. The summed E-state index contributed by atoms with van der Waals surface area (Å²) in [5.41, 5.74) is 0. The van der Waals surface area contributed by atoms with Crippen molar-refractivity contribution in [3.05, 3.63) is 11.7 Å². The van der Waals surface area contributed by atoms with Gasteiger partial charge in [0.05, 0.1) is 6.04 Å². The van der Waals surface area contributed by atoms with Crippen molar-refractivity contribution in [3.63, 3.8) is 0 Å². The van der Waals surface area contributed by atoms with Crippen LogP contribution >= 0.6 is 0 Å². The van der Waals surface area contributed by atoms with E-state index in [1.165, 1.54) is 0 Å². The highest BCUT2D eigenvalue weighted by molar-refractivity contribution is 5.82. The first-order valence-electron chi connectivity index (χ1n) is 7.54. The first-order valence-corrected chi connectivity index (χ1v) is 7.54. The summed E-state index contributed by atoms with van der Waals surface area (Å²) in [5.74, 6) is 2.10. The van der Waals surface area contributed by atoms with Crippen LogP contribution in [0.25, 0.3) is 0 Å². The molecule has 0 spiro atoms. The average Bonchev–Trinajstić information content (AvgIpc) is 3.10. The molecule has 2 unspecified atom stereocenters. The second kappa shape index (κ2) is 5.91. The van der Waals surface area contributed by atoms with E-state index in [0.717, 1.165) is 57.6 Å². The lowest BCUT2D eigenvalue weighted by atomic mass is 9.94. The number of hydrogen-bond acceptors (Lipinski definition) is 5. The SMILES string of the molecule is Cc1nc(CC2CCCN(C(=O)C3CCCN3)C2)no1. The van der Waals surface area contributed by atoms with Crippen LogP contribution in [0, 0.1) is 12.8 Å². The van der Waals surface area contributed by atoms with Gasteiger partial charge in [-0.05, 0) is 38.1 Å². The van der Waals surface area contributed by atoms with Crippen molar-refractivity contribution in [3.8, 4) is 0 Å². The zero-order valence-electron chi connectivity index (χ0n) is 12.0. The summed E-state index contributed by atoms with van der Waals surface area (Å²) in [6.07, 6.45) is 5.09. The van der Waals surface area contributed by atoms with E-state index in [-0.39, 0.29) is 11.9 Å². The van der Waals surface area contributed by atoms with Crippen molar-refractivity contribution in [2.24, 2.45) is 5.92 Å². The van der Waals surface area contributed by atoms with Crippen LogP contribution in [0.2, 0.25) is 0 Å². The van der Waals surface area contributed by atoms with Gasteiger partial charge in [0.1, 0.15) is 0 Å². The molecule has 0 aliphatic carbocycles. The summed E-state index contributed by atoms with van der Waals surface area (Å²) in [7, 11) is 0. The van der Waals surface area contributed by atoms with E-state index in [0.29, 0.717) is 11.8 Å². The van der Waals surface area contributed by atoms with Gasteiger partial charge in [-0.1, -0.05) is 5.16 Å². The molecule has 2 aliphatic heterocycles. The van der Waals surface area contributed by atoms with Crippen molar-refractivity contribution in [2.75, 3.05) is 19.6 Å². The highest BCUT2D eigenvalue weighted by atomic mass is 16.5. The van der Waals surface area contributed by atoms with Gasteiger partial charge >= 0.3 is 0 Å². The molecule has 1 N–H and O–H groups in total. The number of carbonyl (C=O) groups is 1. The van der Waals surface area contributed by atoms with Gasteiger partial charge in [-0.25, -0.2) is 0 Å². The number of carbonyl (C=O) groups excluding carboxylic acids is 1. The van der Waals surface area contributed by atoms with Crippen LogP contribution < -0.4 is 5.32 Å². The van der Waals surface area contributed by atoms with Crippen LogP contribution in [-0.2, 0) is 11.2 Å². The van der Waals surface area contributed by atoms with Gasteiger partial charge in [0.25, 0.3) is 0 Å². The Morgan fingerprint density at radius 3 is 3.05 bits per heavy atom. The Hall–Kier alpha value is -1.43. The third-order valence-corrected chi connectivity index (χ3v) is 4.23. The van der Waals surface area contributed by atoms with Crippen LogP contribution in [0.4, 0.5) is 0 Å². The number of piperidine rings is 1. The van der Waals surface area contributed by atoms with E-state index in [4.69, 9.17) is 4.52 Å². The van der Waals surface area contributed by atoms with Crippen molar-refractivity contribution in [2.45, 2.75) is 45.1 Å². The molecule has 2 aliphatic rings. The molecule has 3 rings (SSSR count). The molecule has 6 heteroatoms. The summed E-state index contributed by atoms with van der Waals surface area (Å²) < 4.78 is 5.01. The molecule has 1 amide bonds. The molecule has 6 nitrogen and oxygen atoms in total. The Balaban J connectivity index is 1.57. The van der Waals surface area contributed by atoms with Gasteiger partial charge in [0, 0.05) is 26.4 Å². The standard InChI is InChI=1S/C14H22N4O2/c1-10-16-13(17-20-10)8-11-4-3-7-18(9-11)14(19)12-5-2-6-15-12/h11-12,15H,2-9H2,1H3. The number of aromatic nitrogens is 2. The van der Waals surface area contributed by atoms with Gasteiger partial charge in [-0.15, -0.1) is 0 Å². The maximum absolute atomic E-state index is 12.4. The molecule has 3 heterocycles. The maximum atomic E-state index is 12.4. The Labute approximate surface area is 118 Å². The predicted octanol–water partition coefficient (Wildman–Crippen LogP) is 0.911. The molecular weight excluding hydrogens is 256 g/mol. The van der Waals surface area contributed by atoms with E-state index in [1.807, 2.05) is 4.90 Å². The van der Waals surface area contributed by atoms with E-state index in [9.17, 15) is 4.79 Å². The molecular formula is C14H22N4O2. The molecule has 20 heavy (non-hydrogen) atoms. The monoisotopic (exact) mass is 278 g/mol. The van der Waals surface area contributed by atoms with Crippen molar-refractivity contribution >= 4 is 5.91 Å². The number of nitrogens with zero attached hydrogens (tertiary/aromatic N) is 3. The second-order valence-electron chi connectivity index (χ2n) is 5.88. The number of aryl methyl sites for hydroxylation is 1. The third-order valence-electron chi connectivity index (χ3n) is 4.23. The lowest BCUT2D eigenvalue weighted by Crippen LogP contribution is -2.48. The molecule has 0 radical (unpaired) electrons. The van der Waals surface area contributed by atoms with Gasteiger partial charge in [-0.2, -0.15) is 4.98 Å². The fraction of sp³-hybridized carbons (Fsp3) is 0.786. The first kappa shape index (κ1) is 13.5. The number of amides is 1. The van der Waals surface area contributed by atoms with Crippen LogP contribution in [0.3, 0.4) is 0 Å². The van der Waals surface area contributed by atoms with Gasteiger partial charge in [-0.3, -0.25) is 4.79 Å². The van der Waals surface area contributed by atoms with E-state index < -0.39 is 0 Å². The summed E-state index contributed by atoms with van der Waals surface area (Å²) in [4.78, 5) is 18.7. The first-order chi connectivity index (χ1) is 9.72. The van der Waals surface area contributed by atoms with Crippen LogP contribution in [0.1, 0.15) is 37.4 Å². The lowest BCUT2D eigenvalue weighted by Gasteiger charge is -2.34. The largest absolute Gasteiger partial charge is 0.341 e. The lowest BCUT2D eigenvalue weighted by molar-refractivity contribution is -0.134. The Bertz CT molecular complexity index is 467. The maximum Gasteiger partial charge on any atom is 0.239 e. The highest BCUT2D eigenvalue weighted by Gasteiger charge is 2.30. The second-order valence-corrected chi connectivity index (χ2v) is 5.88. The van der Waals surface area contributed by atoms with Crippen LogP contribution in [0.5, 0.6) is 0 Å². The average molecular weight is 278 g/mol. The quantitative estimate of drug-likeness (QED) is 0.890. The Morgan fingerprint density at radius 1 is 1.45 bits per heavy atom. The summed E-state index contributed by atoms with van der Waals surface area (Å²) in [5, 5.41) is 7.25. The number of rotatable bonds is 3. The summed E-state index contributed by atoms with van der Waals surface area (Å²) >= 11 is 0.